The van der Waals surface area contributed by atoms with Crippen LogP contribution in [0.4, 0.5) is 5.69 Å². The fraction of sp³-hybridized carbons (Fsp3) is 0.333. The molecule has 1 heterocycles. The molecule has 1 saturated heterocycles. The first-order valence-corrected chi connectivity index (χ1v) is 9.25. The van der Waals surface area contributed by atoms with E-state index >= 15 is 0 Å². The highest BCUT2D eigenvalue weighted by atomic mass is 16.2. The minimum absolute atomic E-state index is 0.0278. The molecule has 0 saturated carbocycles. The maximum Gasteiger partial charge on any atom is 0.242 e. The van der Waals surface area contributed by atoms with Crippen molar-refractivity contribution in [1.29, 1.82) is 0 Å². The molecular formula is C21H26N4O2. The lowest BCUT2D eigenvalue weighted by atomic mass is 10.1. The second-order valence-electron chi connectivity index (χ2n) is 6.84. The quantitative estimate of drug-likeness (QED) is 0.755. The van der Waals surface area contributed by atoms with Gasteiger partial charge in [0.25, 0.3) is 0 Å². The number of hydrogen-bond donors (Lipinski definition) is 2. The number of nitrogens with two attached hydrogens (primary N) is 1. The maximum absolute atomic E-state index is 12.3. The van der Waals surface area contributed by atoms with E-state index < -0.39 is 0 Å². The molecule has 0 bridgehead atoms. The molecule has 0 radical (unpaired) electrons. The predicted molar refractivity (Wildman–Crippen MR) is 106 cm³/mol. The molecule has 2 aromatic carbocycles. The minimum Gasteiger partial charge on any atom is -0.399 e. The van der Waals surface area contributed by atoms with E-state index in [1.807, 2.05) is 35.2 Å². The van der Waals surface area contributed by atoms with Crippen LogP contribution in [0.25, 0.3) is 0 Å². The Morgan fingerprint density at radius 3 is 2.22 bits per heavy atom. The number of amides is 2. The molecule has 2 aromatic rings. The van der Waals surface area contributed by atoms with Gasteiger partial charge in [-0.15, -0.1) is 0 Å². The van der Waals surface area contributed by atoms with E-state index in [0.717, 1.165) is 25.2 Å². The Bertz CT molecular complexity index is 754. The Hall–Kier alpha value is -2.86. The van der Waals surface area contributed by atoms with Crippen LogP contribution in [0.3, 0.4) is 0 Å². The number of carbonyl (C=O) groups excluding carboxylic acids is 2. The number of nitrogens with zero attached hydrogens (tertiary/aromatic N) is 2. The summed E-state index contributed by atoms with van der Waals surface area (Å²) in [5.74, 6) is -0.184. The van der Waals surface area contributed by atoms with Crippen molar-refractivity contribution in [3.05, 3.63) is 65.7 Å². The molecule has 0 spiro atoms. The Morgan fingerprint density at radius 2 is 1.56 bits per heavy atom. The summed E-state index contributed by atoms with van der Waals surface area (Å²) in [6, 6.07) is 17.5. The van der Waals surface area contributed by atoms with E-state index in [2.05, 4.69) is 22.3 Å². The number of rotatable bonds is 6. The Kier molecular flexibility index (Phi) is 6.44. The highest BCUT2D eigenvalue weighted by Gasteiger charge is 2.21. The van der Waals surface area contributed by atoms with Gasteiger partial charge in [-0.3, -0.25) is 14.5 Å². The molecule has 0 aromatic heterocycles. The molecule has 142 valence electrons. The first-order chi connectivity index (χ1) is 13.1. The van der Waals surface area contributed by atoms with Crippen molar-refractivity contribution >= 4 is 17.5 Å². The zero-order chi connectivity index (χ0) is 19.1. The molecule has 27 heavy (non-hydrogen) atoms. The minimum atomic E-state index is -0.157. The number of piperazine rings is 1. The summed E-state index contributed by atoms with van der Waals surface area (Å²) in [7, 11) is 0. The van der Waals surface area contributed by atoms with Crippen LogP contribution in [0.1, 0.15) is 11.1 Å². The highest BCUT2D eigenvalue weighted by molar-refractivity contribution is 5.85. The van der Waals surface area contributed by atoms with Gasteiger partial charge in [0.2, 0.25) is 11.8 Å². The van der Waals surface area contributed by atoms with Crippen LogP contribution in [0.2, 0.25) is 0 Å². The average molecular weight is 366 g/mol. The van der Waals surface area contributed by atoms with Crippen LogP contribution >= 0.6 is 0 Å². The molecular weight excluding hydrogens is 340 g/mol. The Balaban J connectivity index is 1.37. The number of nitrogens with one attached hydrogen (secondary N) is 1. The number of carbonyl (C=O) groups is 2. The molecule has 6 nitrogen and oxygen atoms in total. The van der Waals surface area contributed by atoms with Crippen LogP contribution in [0.15, 0.2) is 54.6 Å². The van der Waals surface area contributed by atoms with Gasteiger partial charge in [-0.05, 0) is 23.3 Å². The maximum atomic E-state index is 12.3. The third-order valence-corrected chi connectivity index (χ3v) is 4.76. The van der Waals surface area contributed by atoms with Crippen LogP contribution in [-0.4, -0.2) is 54.3 Å². The molecule has 2 amide bonds. The van der Waals surface area contributed by atoms with Gasteiger partial charge in [0.15, 0.2) is 0 Å². The van der Waals surface area contributed by atoms with E-state index in [1.165, 1.54) is 5.56 Å². The number of hydrogen-bond acceptors (Lipinski definition) is 4. The van der Waals surface area contributed by atoms with E-state index in [-0.39, 0.29) is 24.8 Å². The standard InChI is InChI=1S/C21H26N4O2/c22-19-8-6-17(7-9-19)14-20(26)23-15-21(27)25-12-10-24(11-13-25)16-18-4-2-1-3-5-18/h1-9H,10-16,22H2,(H,23,26). The second kappa shape index (κ2) is 9.19. The van der Waals surface area contributed by atoms with Crippen LogP contribution in [0.5, 0.6) is 0 Å². The molecule has 0 atom stereocenters. The largest absolute Gasteiger partial charge is 0.399 e. The van der Waals surface area contributed by atoms with Gasteiger partial charge in [-0.25, -0.2) is 0 Å². The first kappa shape index (κ1) is 18.9. The summed E-state index contributed by atoms with van der Waals surface area (Å²) < 4.78 is 0. The Labute approximate surface area is 159 Å². The summed E-state index contributed by atoms with van der Waals surface area (Å²) in [4.78, 5) is 28.5. The third-order valence-electron chi connectivity index (χ3n) is 4.76. The van der Waals surface area contributed by atoms with Crippen LogP contribution in [0, 0.1) is 0 Å². The molecule has 1 aliphatic heterocycles. The van der Waals surface area contributed by atoms with Crippen LogP contribution < -0.4 is 11.1 Å². The van der Waals surface area contributed by atoms with Gasteiger partial charge in [0.1, 0.15) is 0 Å². The molecule has 3 N–H and O–H groups in total. The van der Waals surface area contributed by atoms with E-state index in [1.54, 1.807) is 12.1 Å². The van der Waals surface area contributed by atoms with Crippen molar-refractivity contribution in [2.45, 2.75) is 13.0 Å². The summed E-state index contributed by atoms with van der Waals surface area (Å²) in [5, 5.41) is 2.72. The summed E-state index contributed by atoms with van der Waals surface area (Å²) in [6.07, 6.45) is 0.248. The fourth-order valence-electron chi connectivity index (χ4n) is 3.17. The molecule has 1 aliphatic rings. The zero-order valence-corrected chi connectivity index (χ0v) is 15.4. The van der Waals surface area contributed by atoms with Crippen molar-refractivity contribution in [3.63, 3.8) is 0 Å². The summed E-state index contributed by atoms with van der Waals surface area (Å²) in [6.45, 7) is 4.03. The van der Waals surface area contributed by atoms with Crippen molar-refractivity contribution in [3.8, 4) is 0 Å². The molecule has 1 fully saturated rings. The third kappa shape index (κ3) is 5.82. The normalized spacial score (nSPS) is 14.7. The van der Waals surface area contributed by atoms with Crippen molar-refractivity contribution in [2.24, 2.45) is 0 Å². The lowest BCUT2D eigenvalue weighted by molar-refractivity contribution is -0.134. The molecule has 6 heteroatoms. The van der Waals surface area contributed by atoms with Gasteiger partial charge in [0, 0.05) is 38.4 Å². The number of benzene rings is 2. The van der Waals surface area contributed by atoms with E-state index in [9.17, 15) is 9.59 Å². The SMILES string of the molecule is Nc1ccc(CC(=O)NCC(=O)N2CCN(Cc3ccccc3)CC2)cc1. The zero-order valence-electron chi connectivity index (χ0n) is 15.4. The van der Waals surface area contributed by atoms with Gasteiger partial charge >= 0.3 is 0 Å². The van der Waals surface area contributed by atoms with E-state index in [4.69, 9.17) is 5.73 Å². The number of nitrogen functional groups attached to an aromatic ring is 1. The topological polar surface area (TPSA) is 78.7 Å². The van der Waals surface area contributed by atoms with Gasteiger partial charge in [0.05, 0.1) is 13.0 Å². The molecule has 0 unspecified atom stereocenters. The summed E-state index contributed by atoms with van der Waals surface area (Å²) in [5.41, 5.74) is 8.47. The lowest BCUT2D eigenvalue weighted by Crippen LogP contribution is -2.50. The van der Waals surface area contributed by atoms with Crippen molar-refractivity contribution in [1.82, 2.24) is 15.1 Å². The fourth-order valence-corrected chi connectivity index (χ4v) is 3.17. The smallest absolute Gasteiger partial charge is 0.242 e. The summed E-state index contributed by atoms with van der Waals surface area (Å²) >= 11 is 0. The lowest BCUT2D eigenvalue weighted by Gasteiger charge is -2.34. The van der Waals surface area contributed by atoms with Crippen molar-refractivity contribution in [2.75, 3.05) is 38.5 Å². The molecule has 3 rings (SSSR count). The Morgan fingerprint density at radius 1 is 0.889 bits per heavy atom. The van der Waals surface area contributed by atoms with Gasteiger partial charge in [-0.1, -0.05) is 42.5 Å². The average Bonchev–Trinajstić information content (AvgIpc) is 2.69. The van der Waals surface area contributed by atoms with Gasteiger partial charge in [-0.2, -0.15) is 0 Å². The highest BCUT2D eigenvalue weighted by Crippen LogP contribution is 2.09. The van der Waals surface area contributed by atoms with E-state index in [0.29, 0.717) is 18.8 Å². The van der Waals surface area contributed by atoms with Crippen LogP contribution in [-0.2, 0) is 22.6 Å². The molecule has 0 aliphatic carbocycles. The number of anilines is 1. The van der Waals surface area contributed by atoms with Crippen molar-refractivity contribution < 1.29 is 9.59 Å². The second-order valence-corrected chi connectivity index (χ2v) is 6.84. The predicted octanol–water partition coefficient (Wildman–Crippen LogP) is 1.27. The monoisotopic (exact) mass is 366 g/mol. The first-order valence-electron chi connectivity index (χ1n) is 9.25. The van der Waals surface area contributed by atoms with Gasteiger partial charge < -0.3 is 16.0 Å².